The minimum atomic E-state index is 0. The van der Waals surface area contributed by atoms with Crippen LogP contribution in [0.2, 0.25) is 0 Å². The first kappa shape index (κ1) is 76.8. The van der Waals surface area contributed by atoms with Crippen molar-refractivity contribution in [1.82, 2.24) is 0 Å². The Morgan fingerprint density at radius 1 is 0.284 bits per heavy atom. The van der Waals surface area contributed by atoms with Gasteiger partial charge < -0.3 is 0 Å². The predicted molar refractivity (Wildman–Crippen MR) is 366 cm³/mol. The topological polar surface area (TPSA) is 24.7 Å². The zero-order valence-electron chi connectivity index (χ0n) is 54.7. The fraction of sp³-hybridized carbons (Fsp3) is 0.769. The zero-order valence-corrected chi connectivity index (χ0v) is 55.7. The van der Waals surface area contributed by atoms with Gasteiger partial charge in [-0.1, -0.05) is 391 Å². The molecule has 0 aliphatic carbocycles. The SMILES string of the molecule is CCCCCCCCCCCCCCCCCCCCCCCCCCC=Cc1cccc(N=C(CC)C(CCCCCC)=Nc2cccc(C=CCCCCCCCCCCCCCCCCCCCCCCCCCC)c2)c1.[Ni]. The Bertz CT molecular complexity index is 1720. The number of hydrogen-bond donors (Lipinski definition) is 0. The van der Waals surface area contributed by atoms with Gasteiger partial charge in [0.25, 0.3) is 0 Å². The molecule has 0 unspecified atom stereocenters. The minimum absolute atomic E-state index is 0. The van der Waals surface area contributed by atoms with E-state index in [1.807, 2.05) is 0 Å². The van der Waals surface area contributed by atoms with Crippen LogP contribution in [0, 0.1) is 0 Å². The molecule has 0 spiro atoms. The van der Waals surface area contributed by atoms with Crippen LogP contribution in [0.25, 0.3) is 12.2 Å². The van der Waals surface area contributed by atoms with Crippen LogP contribution in [-0.4, -0.2) is 11.4 Å². The summed E-state index contributed by atoms with van der Waals surface area (Å²) in [5, 5.41) is 0. The van der Waals surface area contributed by atoms with Gasteiger partial charge in [-0.05, 0) is 80.3 Å². The van der Waals surface area contributed by atoms with E-state index in [2.05, 4.69) is 101 Å². The number of hydrogen-bond acceptors (Lipinski definition) is 2. The Morgan fingerprint density at radius 3 is 0.778 bits per heavy atom. The first-order valence-electron chi connectivity index (χ1n) is 36.4. The molecule has 0 aromatic heterocycles. The third kappa shape index (κ3) is 50.8. The molecule has 2 nitrogen and oxygen atoms in total. The number of unbranched alkanes of at least 4 members (excludes halogenated alkanes) is 51. The van der Waals surface area contributed by atoms with Gasteiger partial charge in [-0.25, -0.2) is 0 Å². The molecule has 0 bridgehead atoms. The van der Waals surface area contributed by atoms with E-state index in [4.69, 9.17) is 9.98 Å². The average molecular weight is 1160 g/mol. The molecule has 0 amide bonds. The van der Waals surface area contributed by atoms with E-state index in [1.165, 1.54) is 339 Å². The first-order valence-corrected chi connectivity index (χ1v) is 36.4. The summed E-state index contributed by atoms with van der Waals surface area (Å²) in [4.78, 5) is 10.6. The monoisotopic (exact) mass is 1160 g/mol. The molecule has 0 aliphatic rings. The maximum Gasteiger partial charge on any atom is 0.0639 e. The molecule has 3 heteroatoms. The van der Waals surface area contributed by atoms with Crippen LogP contribution in [0.1, 0.15) is 398 Å². The van der Waals surface area contributed by atoms with Crippen molar-refractivity contribution in [3.63, 3.8) is 0 Å². The molecule has 2 aromatic carbocycles. The number of aliphatic imine (C=N–C) groups is 2. The molecule has 81 heavy (non-hydrogen) atoms. The van der Waals surface area contributed by atoms with E-state index in [0.29, 0.717) is 0 Å². The molecule has 0 N–H and O–H groups in total. The van der Waals surface area contributed by atoms with Gasteiger partial charge in [-0.15, -0.1) is 0 Å². The number of benzene rings is 2. The van der Waals surface area contributed by atoms with Crippen LogP contribution >= 0.6 is 0 Å². The summed E-state index contributed by atoms with van der Waals surface area (Å²) in [5.74, 6) is 0. The van der Waals surface area contributed by atoms with Gasteiger partial charge in [-0.2, -0.15) is 0 Å². The van der Waals surface area contributed by atoms with E-state index in [9.17, 15) is 0 Å². The van der Waals surface area contributed by atoms with Crippen molar-refractivity contribution in [1.29, 1.82) is 0 Å². The van der Waals surface area contributed by atoms with Crippen molar-refractivity contribution in [3.05, 3.63) is 71.8 Å². The van der Waals surface area contributed by atoms with Crippen LogP contribution in [0.5, 0.6) is 0 Å². The van der Waals surface area contributed by atoms with Crippen molar-refractivity contribution in [3.8, 4) is 0 Å². The fourth-order valence-corrected chi connectivity index (χ4v) is 11.9. The van der Waals surface area contributed by atoms with Crippen LogP contribution in [0.3, 0.4) is 0 Å². The molecule has 0 radical (unpaired) electrons. The Kier molecular flexibility index (Phi) is 59.0. The van der Waals surface area contributed by atoms with Crippen molar-refractivity contribution in [2.45, 2.75) is 387 Å². The molecule has 0 fully saturated rings. The van der Waals surface area contributed by atoms with E-state index >= 15 is 0 Å². The molecular formula is C78H136N2Ni. The third-order valence-corrected chi connectivity index (χ3v) is 17.3. The van der Waals surface area contributed by atoms with Crippen molar-refractivity contribution in [2.24, 2.45) is 9.98 Å². The van der Waals surface area contributed by atoms with Gasteiger partial charge in [0.1, 0.15) is 0 Å². The van der Waals surface area contributed by atoms with Gasteiger partial charge >= 0.3 is 0 Å². The van der Waals surface area contributed by atoms with E-state index < -0.39 is 0 Å². The summed E-state index contributed by atoms with van der Waals surface area (Å²) in [6.45, 7) is 9.16. The maximum absolute atomic E-state index is 5.33. The third-order valence-electron chi connectivity index (χ3n) is 17.3. The van der Waals surface area contributed by atoms with Gasteiger partial charge in [0.15, 0.2) is 0 Å². The molecule has 2 aromatic rings. The van der Waals surface area contributed by atoms with Gasteiger partial charge in [0, 0.05) is 16.5 Å². The average Bonchev–Trinajstić information content (AvgIpc) is 3.47. The molecular weight excluding hydrogens is 1020 g/mol. The number of allylic oxidation sites excluding steroid dienone is 2. The Labute approximate surface area is 517 Å². The number of nitrogens with zero attached hydrogens (tertiary/aromatic N) is 2. The summed E-state index contributed by atoms with van der Waals surface area (Å²) in [5.41, 5.74) is 6.86. The summed E-state index contributed by atoms with van der Waals surface area (Å²) < 4.78 is 0. The van der Waals surface area contributed by atoms with Crippen molar-refractivity contribution >= 4 is 35.0 Å². The zero-order chi connectivity index (χ0) is 57.0. The molecule has 0 heterocycles. The molecule has 0 saturated heterocycles. The van der Waals surface area contributed by atoms with Crippen LogP contribution in [0.4, 0.5) is 11.4 Å². The first-order chi connectivity index (χ1) is 39.7. The fourth-order valence-electron chi connectivity index (χ4n) is 11.9. The molecule has 2 rings (SSSR count). The Hall–Kier alpha value is -2.25. The normalized spacial score (nSPS) is 12.2. The predicted octanol–water partition coefficient (Wildman–Crippen LogP) is 28.5. The summed E-state index contributed by atoms with van der Waals surface area (Å²) in [7, 11) is 0. The van der Waals surface area contributed by atoms with E-state index in [-0.39, 0.29) is 16.5 Å². The second kappa shape index (κ2) is 62.3. The Morgan fingerprint density at radius 2 is 0.519 bits per heavy atom. The summed E-state index contributed by atoms with van der Waals surface area (Å²) in [6, 6.07) is 17.7. The minimum Gasteiger partial charge on any atom is -0.252 e. The van der Waals surface area contributed by atoms with Crippen LogP contribution in [0.15, 0.2) is 70.7 Å². The maximum atomic E-state index is 5.33. The second-order valence-corrected chi connectivity index (χ2v) is 25.1. The summed E-state index contributed by atoms with van der Waals surface area (Å²) in [6.07, 6.45) is 87.7. The largest absolute Gasteiger partial charge is 0.252 e. The molecule has 0 saturated carbocycles. The van der Waals surface area contributed by atoms with Crippen molar-refractivity contribution in [2.75, 3.05) is 0 Å². The van der Waals surface area contributed by atoms with Crippen LogP contribution < -0.4 is 0 Å². The number of rotatable bonds is 61. The quantitative estimate of drug-likeness (QED) is 0.0358. The Balaban J connectivity index is 0.0000328. The van der Waals surface area contributed by atoms with Gasteiger partial charge in [0.05, 0.1) is 22.8 Å². The van der Waals surface area contributed by atoms with E-state index in [0.717, 1.165) is 54.9 Å². The molecule has 0 aliphatic heterocycles. The molecule has 0 atom stereocenters. The van der Waals surface area contributed by atoms with Crippen molar-refractivity contribution < 1.29 is 16.5 Å². The second-order valence-electron chi connectivity index (χ2n) is 25.1. The molecule has 468 valence electrons. The van der Waals surface area contributed by atoms with Crippen LogP contribution in [-0.2, 0) is 16.5 Å². The smallest absolute Gasteiger partial charge is 0.0639 e. The summed E-state index contributed by atoms with van der Waals surface area (Å²) >= 11 is 0. The standard InChI is InChI=1S/C78H136N2.Ni/c1-5-9-12-15-17-19-21-23-25-27-29-31-33-35-37-39-41-43-45-47-49-51-53-55-57-59-64-73-66-62-68-75(71-73)79-77(8-4)78(70-61-14-11-7-3)80-76-69-63-67-74(72-76)65-60-58-56-54-52-50-48-46-44-42-40-38-36-34-32-30-28-26-24-22-20-18-16-13-10-6-2;/h59-60,62-69,71-72H,5-58,61,70H2,1-4H3;. The van der Waals surface area contributed by atoms with Gasteiger partial charge in [-0.3, -0.25) is 9.98 Å². The van der Waals surface area contributed by atoms with Gasteiger partial charge in [0.2, 0.25) is 0 Å². The van der Waals surface area contributed by atoms with E-state index in [1.54, 1.807) is 0 Å².